The second kappa shape index (κ2) is 4.56. The van der Waals surface area contributed by atoms with E-state index < -0.39 is 5.67 Å². The first kappa shape index (κ1) is 14.4. The van der Waals surface area contributed by atoms with Gasteiger partial charge in [0.1, 0.15) is 11.5 Å². The van der Waals surface area contributed by atoms with Crippen molar-refractivity contribution >= 4 is 17.2 Å². The van der Waals surface area contributed by atoms with Gasteiger partial charge in [-0.2, -0.15) is 0 Å². The van der Waals surface area contributed by atoms with E-state index in [9.17, 15) is 4.39 Å². The molecule has 3 fully saturated rings. The maximum absolute atomic E-state index is 14.1. The molecule has 4 aliphatic rings. The fourth-order valence-corrected chi connectivity index (χ4v) is 4.00. The summed E-state index contributed by atoms with van der Waals surface area (Å²) in [5.74, 6) is 1.63. The van der Waals surface area contributed by atoms with Crippen LogP contribution >= 0.6 is 0 Å². The maximum atomic E-state index is 14.1. The highest BCUT2D eigenvalue weighted by molar-refractivity contribution is 6.13. The lowest BCUT2D eigenvalue weighted by Crippen LogP contribution is -2.24. The maximum Gasteiger partial charge on any atom is 0.127 e. The number of hydrogen-bond donors (Lipinski definition) is 0. The van der Waals surface area contributed by atoms with Crippen molar-refractivity contribution in [1.29, 1.82) is 0 Å². The van der Waals surface area contributed by atoms with Crippen LogP contribution in [0.2, 0.25) is 0 Å². The third-order valence-corrected chi connectivity index (χ3v) is 6.04. The molecular formula is C20H22FN3. The first-order valence-electron chi connectivity index (χ1n) is 8.94. The fraction of sp³-hybridized carbons (Fsp3) is 0.500. The molecule has 0 saturated heterocycles. The SMILES string of the molecule is C=C(N(CC)c1cccc(C2=NC(C3CC3)=NC2)c1)C12CC1(F)C2. The van der Waals surface area contributed by atoms with Crippen LogP contribution in [0.15, 0.2) is 46.5 Å². The van der Waals surface area contributed by atoms with Crippen LogP contribution < -0.4 is 4.90 Å². The average molecular weight is 323 g/mol. The number of allylic oxidation sites excluding steroid dienone is 1. The van der Waals surface area contributed by atoms with E-state index in [1.807, 2.05) is 0 Å². The Balaban J connectivity index is 1.40. The molecule has 0 unspecified atom stereocenters. The third-order valence-electron chi connectivity index (χ3n) is 6.04. The van der Waals surface area contributed by atoms with Crippen molar-refractivity contribution in [1.82, 2.24) is 0 Å². The van der Waals surface area contributed by atoms with E-state index in [2.05, 4.69) is 47.7 Å². The van der Waals surface area contributed by atoms with Crippen LogP contribution in [0.5, 0.6) is 0 Å². The first-order chi connectivity index (χ1) is 11.6. The van der Waals surface area contributed by atoms with Crippen LogP contribution in [0, 0.1) is 11.3 Å². The van der Waals surface area contributed by atoms with Gasteiger partial charge in [0, 0.05) is 23.8 Å². The second-order valence-corrected chi connectivity index (χ2v) is 7.65. The monoisotopic (exact) mass is 323 g/mol. The zero-order valence-electron chi connectivity index (χ0n) is 14.1. The fourth-order valence-electron chi connectivity index (χ4n) is 4.00. The largest absolute Gasteiger partial charge is 0.345 e. The molecule has 24 heavy (non-hydrogen) atoms. The minimum Gasteiger partial charge on any atom is -0.345 e. The Bertz CT molecular complexity index is 797. The van der Waals surface area contributed by atoms with Gasteiger partial charge in [0.15, 0.2) is 0 Å². The number of halogens is 1. The van der Waals surface area contributed by atoms with E-state index in [1.165, 1.54) is 12.8 Å². The van der Waals surface area contributed by atoms with Gasteiger partial charge < -0.3 is 4.90 Å². The van der Waals surface area contributed by atoms with Gasteiger partial charge in [0.25, 0.3) is 0 Å². The molecule has 3 nitrogen and oxygen atoms in total. The number of anilines is 1. The van der Waals surface area contributed by atoms with Crippen molar-refractivity contribution in [2.75, 3.05) is 18.0 Å². The zero-order chi connectivity index (χ0) is 16.5. The highest BCUT2D eigenvalue weighted by Crippen LogP contribution is 2.84. The summed E-state index contributed by atoms with van der Waals surface area (Å²) >= 11 is 0. The number of rotatable bonds is 6. The molecule has 1 aromatic carbocycles. The number of amidine groups is 1. The Labute approximate surface area is 142 Å². The molecule has 4 heteroatoms. The number of alkyl halides is 1. The van der Waals surface area contributed by atoms with E-state index in [4.69, 9.17) is 4.99 Å². The Hall–Kier alpha value is -1.97. The zero-order valence-corrected chi connectivity index (χ0v) is 14.1. The van der Waals surface area contributed by atoms with Gasteiger partial charge in [-0.1, -0.05) is 18.7 Å². The van der Waals surface area contributed by atoms with Crippen molar-refractivity contribution < 1.29 is 4.39 Å². The molecule has 0 N–H and O–H groups in total. The van der Waals surface area contributed by atoms with Gasteiger partial charge in [-0.15, -0.1) is 0 Å². The van der Waals surface area contributed by atoms with Gasteiger partial charge in [0.2, 0.25) is 0 Å². The predicted molar refractivity (Wildman–Crippen MR) is 95.7 cm³/mol. The molecule has 0 amide bonds. The first-order valence-corrected chi connectivity index (χ1v) is 8.94. The molecule has 1 aromatic rings. The molecule has 3 aliphatic carbocycles. The molecule has 124 valence electrons. The Morgan fingerprint density at radius 2 is 2.12 bits per heavy atom. The predicted octanol–water partition coefficient (Wildman–Crippen LogP) is 4.14. The quantitative estimate of drug-likeness (QED) is 0.773. The van der Waals surface area contributed by atoms with Crippen LogP contribution in [-0.2, 0) is 0 Å². The highest BCUT2D eigenvalue weighted by atomic mass is 19.1. The van der Waals surface area contributed by atoms with Crippen LogP contribution in [0.25, 0.3) is 0 Å². The van der Waals surface area contributed by atoms with Crippen molar-refractivity contribution in [2.24, 2.45) is 21.3 Å². The number of hydrogen-bond acceptors (Lipinski definition) is 3. The van der Waals surface area contributed by atoms with E-state index in [0.717, 1.165) is 35.0 Å². The van der Waals surface area contributed by atoms with Gasteiger partial charge in [-0.3, -0.25) is 4.99 Å². The average Bonchev–Trinajstić information content (AvgIpc) is 3.51. The molecule has 0 spiro atoms. The summed E-state index contributed by atoms with van der Waals surface area (Å²) in [6.45, 7) is 7.81. The van der Waals surface area contributed by atoms with E-state index in [1.54, 1.807) is 0 Å². The molecule has 0 atom stereocenters. The summed E-state index contributed by atoms with van der Waals surface area (Å²) < 4.78 is 14.1. The lowest BCUT2D eigenvalue weighted by atomic mass is 10.1. The van der Waals surface area contributed by atoms with Crippen LogP contribution in [0.3, 0.4) is 0 Å². The van der Waals surface area contributed by atoms with Crippen molar-refractivity contribution in [2.45, 2.75) is 38.3 Å². The molecular weight excluding hydrogens is 301 g/mol. The lowest BCUT2D eigenvalue weighted by Gasteiger charge is -2.27. The molecule has 0 bridgehead atoms. The van der Waals surface area contributed by atoms with Crippen molar-refractivity contribution in [3.63, 3.8) is 0 Å². The highest BCUT2D eigenvalue weighted by Gasteiger charge is 2.87. The molecule has 0 aromatic heterocycles. The summed E-state index contributed by atoms with van der Waals surface area (Å²) in [7, 11) is 0. The topological polar surface area (TPSA) is 28.0 Å². The normalized spacial score (nSPS) is 32.8. The van der Waals surface area contributed by atoms with Gasteiger partial charge in [-0.05, 0) is 50.3 Å². The smallest absolute Gasteiger partial charge is 0.127 e. The number of fused-ring (bicyclic) bond motifs is 1. The Kier molecular flexibility index (Phi) is 2.73. The minimum atomic E-state index is -0.947. The summed E-state index contributed by atoms with van der Waals surface area (Å²) in [4.78, 5) is 11.5. The summed E-state index contributed by atoms with van der Waals surface area (Å²) in [5.41, 5.74) is 2.99. The number of aliphatic imine (C=N–C) groups is 2. The Morgan fingerprint density at radius 1 is 1.38 bits per heavy atom. The summed E-state index contributed by atoms with van der Waals surface area (Å²) in [5, 5.41) is 0. The lowest BCUT2D eigenvalue weighted by molar-refractivity contribution is 0.390. The third kappa shape index (κ3) is 1.95. The van der Waals surface area contributed by atoms with E-state index >= 15 is 0 Å². The summed E-state index contributed by atoms with van der Waals surface area (Å²) in [6.07, 6.45) is 3.76. The molecule has 5 rings (SSSR count). The van der Waals surface area contributed by atoms with Gasteiger partial charge in [0.05, 0.1) is 17.7 Å². The Morgan fingerprint density at radius 3 is 2.75 bits per heavy atom. The van der Waals surface area contributed by atoms with Gasteiger partial charge >= 0.3 is 0 Å². The van der Waals surface area contributed by atoms with Gasteiger partial charge in [-0.25, -0.2) is 9.38 Å². The standard InChI is InChI=1S/C20H22FN3/c1-3-24(13(2)19-11-20(19,21)12-19)16-6-4-5-15(9-16)17-10-22-18(23-17)14-7-8-14/h4-6,9,14H,2-3,7-8,10-12H2,1H3. The van der Waals surface area contributed by atoms with Crippen LogP contribution in [0.4, 0.5) is 10.1 Å². The molecule has 1 aliphatic heterocycles. The molecule has 0 radical (unpaired) electrons. The van der Waals surface area contributed by atoms with Crippen LogP contribution in [-0.4, -0.2) is 30.3 Å². The summed E-state index contributed by atoms with van der Waals surface area (Å²) in [6, 6.07) is 8.38. The van der Waals surface area contributed by atoms with E-state index in [0.29, 0.717) is 25.3 Å². The van der Waals surface area contributed by atoms with Crippen molar-refractivity contribution in [3.8, 4) is 0 Å². The molecule has 1 heterocycles. The number of nitrogens with zero attached hydrogens (tertiary/aromatic N) is 3. The van der Waals surface area contributed by atoms with E-state index in [-0.39, 0.29) is 5.41 Å². The van der Waals surface area contributed by atoms with Crippen molar-refractivity contribution in [3.05, 3.63) is 42.1 Å². The van der Waals surface area contributed by atoms with Crippen LogP contribution in [0.1, 0.15) is 38.2 Å². The number of benzene rings is 1. The molecule has 3 saturated carbocycles. The second-order valence-electron chi connectivity index (χ2n) is 7.65. The minimum absolute atomic E-state index is 0.258.